The number of carbonyl (C=O) groups is 1. The van der Waals surface area contributed by atoms with E-state index >= 15 is 0 Å². The van der Waals surface area contributed by atoms with Crippen LogP contribution in [0, 0.1) is 17.9 Å². The predicted octanol–water partition coefficient (Wildman–Crippen LogP) is 8.15. The summed E-state index contributed by atoms with van der Waals surface area (Å²) in [5, 5.41) is 17.4. The number of aromatic nitrogens is 3. The van der Waals surface area contributed by atoms with Gasteiger partial charge in [-0.3, -0.25) is 9.78 Å². The average Bonchev–Trinajstić information content (AvgIpc) is 3.41. The maximum absolute atomic E-state index is 11.7. The predicted molar refractivity (Wildman–Crippen MR) is 182 cm³/mol. The number of carbonyl (C=O) groups excluding carboxylic acids is 1. The summed E-state index contributed by atoms with van der Waals surface area (Å²) in [7, 11) is -1.94. The van der Waals surface area contributed by atoms with Gasteiger partial charge in [-0.2, -0.15) is 0 Å². The summed E-state index contributed by atoms with van der Waals surface area (Å²) in [4.78, 5) is 21.6. The molecule has 1 aliphatic rings. The van der Waals surface area contributed by atoms with Crippen molar-refractivity contribution in [3.63, 3.8) is 0 Å². The number of imidazole rings is 1. The molecule has 0 bridgehead atoms. The van der Waals surface area contributed by atoms with Gasteiger partial charge in [0.2, 0.25) is 0 Å². The Bertz CT molecular complexity index is 2060. The molecule has 1 aliphatic heterocycles. The van der Waals surface area contributed by atoms with Crippen LogP contribution in [-0.2, 0) is 24.9 Å². The molecule has 229 valence electrons. The number of ketones is 1. The van der Waals surface area contributed by atoms with E-state index in [9.17, 15) is 9.90 Å². The molecule has 0 atom stereocenters. The number of rotatable bonds is 7. The number of nitrogens with zero attached hydrogens (tertiary/aromatic N) is 3. The SMILES string of the molecule is CCC(CC)C(=O)/C=C(\O)C(CC)CC.C[Si]1(C)c2cccc3nc4c5cccnc5c5[c-]c6ccccc6c1c5n4c23.[Ir]. The smallest absolute Gasteiger partial charge is 0.162 e. The molecule has 0 saturated carbocycles. The van der Waals surface area contributed by atoms with Gasteiger partial charge in [-0.15, -0.1) is 17.5 Å². The number of aliphatic hydroxyl groups is 1. The van der Waals surface area contributed by atoms with Crippen molar-refractivity contribution in [2.45, 2.75) is 66.5 Å². The Balaban J connectivity index is 0.000000209. The summed E-state index contributed by atoms with van der Waals surface area (Å²) in [6.45, 7) is 13.0. The molecule has 3 aromatic carbocycles. The first-order valence-electron chi connectivity index (χ1n) is 15.7. The zero-order chi connectivity index (χ0) is 30.5. The molecule has 44 heavy (non-hydrogen) atoms. The van der Waals surface area contributed by atoms with E-state index in [4.69, 9.17) is 9.97 Å². The maximum atomic E-state index is 11.7. The van der Waals surface area contributed by atoms with Crippen LogP contribution in [0.25, 0.3) is 49.3 Å². The van der Waals surface area contributed by atoms with E-state index < -0.39 is 8.07 Å². The number of benzene rings is 3. The van der Waals surface area contributed by atoms with Crippen LogP contribution in [0.1, 0.15) is 53.4 Å². The summed E-state index contributed by atoms with van der Waals surface area (Å²) < 4.78 is 2.39. The summed E-state index contributed by atoms with van der Waals surface area (Å²) in [6.07, 6.45) is 6.78. The Labute approximate surface area is 273 Å². The molecular weight excluding hydrogens is 739 g/mol. The second-order valence-electron chi connectivity index (χ2n) is 12.2. The first-order valence-corrected chi connectivity index (χ1v) is 18.7. The fourth-order valence-corrected chi connectivity index (χ4v) is 10.3. The van der Waals surface area contributed by atoms with Crippen LogP contribution < -0.4 is 10.4 Å². The van der Waals surface area contributed by atoms with Crippen molar-refractivity contribution >= 4 is 73.5 Å². The van der Waals surface area contributed by atoms with E-state index in [1.807, 2.05) is 40.0 Å². The topological polar surface area (TPSA) is 67.5 Å². The third kappa shape index (κ3) is 4.99. The third-order valence-electron chi connectivity index (χ3n) is 9.50. The summed E-state index contributed by atoms with van der Waals surface area (Å²) in [6, 6.07) is 23.2. The Kier molecular flexibility index (Phi) is 9.13. The van der Waals surface area contributed by atoms with Gasteiger partial charge in [0.1, 0.15) is 13.7 Å². The minimum atomic E-state index is -1.94. The molecule has 0 aliphatic carbocycles. The van der Waals surface area contributed by atoms with Crippen LogP contribution in [0.2, 0.25) is 13.1 Å². The second kappa shape index (κ2) is 12.5. The van der Waals surface area contributed by atoms with Gasteiger partial charge in [0.05, 0.1) is 16.8 Å². The van der Waals surface area contributed by atoms with Crippen molar-refractivity contribution in [3.05, 3.63) is 78.7 Å². The number of allylic oxidation sites excluding steroid dienone is 2. The molecule has 4 heterocycles. The van der Waals surface area contributed by atoms with E-state index in [1.165, 1.54) is 38.3 Å². The van der Waals surface area contributed by atoms with E-state index in [-0.39, 0.29) is 43.5 Å². The number of hydrogen-bond donors (Lipinski definition) is 1. The van der Waals surface area contributed by atoms with Gasteiger partial charge in [-0.1, -0.05) is 93.1 Å². The normalized spacial score (nSPS) is 13.9. The van der Waals surface area contributed by atoms with Gasteiger partial charge in [-0.05, 0) is 48.5 Å². The van der Waals surface area contributed by atoms with Crippen LogP contribution in [0.15, 0.2) is 72.6 Å². The van der Waals surface area contributed by atoms with Crippen LogP contribution in [0.3, 0.4) is 0 Å². The zero-order valence-corrected chi connectivity index (χ0v) is 29.8. The average molecular weight is 779 g/mol. The van der Waals surface area contributed by atoms with Gasteiger partial charge in [-0.25, -0.2) is 4.98 Å². The zero-order valence-electron chi connectivity index (χ0n) is 26.4. The first-order chi connectivity index (χ1) is 20.8. The Morgan fingerprint density at radius 1 is 0.909 bits per heavy atom. The maximum Gasteiger partial charge on any atom is 0.162 e. The van der Waals surface area contributed by atoms with Crippen molar-refractivity contribution in [1.29, 1.82) is 0 Å². The van der Waals surface area contributed by atoms with Crippen molar-refractivity contribution in [2.75, 3.05) is 0 Å². The fourth-order valence-electron chi connectivity index (χ4n) is 7.01. The number of para-hydroxylation sites is 1. The van der Waals surface area contributed by atoms with Gasteiger partial charge >= 0.3 is 0 Å². The summed E-state index contributed by atoms with van der Waals surface area (Å²) in [5.74, 6) is 0.547. The van der Waals surface area contributed by atoms with Crippen LogP contribution in [0.4, 0.5) is 0 Å². The molecule has 6 aromatic rings. The number of hydrogen-bond acceptors (Lipinski definition) is 4. The van der Waals surface area contributed by atoms with Crippen molar-refractivity contribution in [2.24, 2.45) is 11.8 Å². The minimum absolute atomic E-state index is 0. The molecule has 1 N–H and O–H groups in total. The Hall–Kier alpha value is -3.38. The molecule has 1 radical (unpaired) electrons. The molecule has 0 spiro atoms. The number of pyridine rings is 2. The molecule has 0 amide bonds. The largest absolute Gasteiger partial charge is 0.512 e. The van der Waals surface area contributed by atoms with Crippen LogP contribution >= 0.6 is 0 Å². The van der Waals surface area contributed by atoms with Gasteiger partial charge in [0.25, 0.3) is 0 Å². The van der Waals surface area contributed by atoms with Gasteiger partial charge in [0.15, 0.2) is 5.78 Å². The number of aliphatic hydroxyl groups excluding tert-OH is 1. The molecule has 7 heteroatoms. The van der Waals surface area contributed by atoms with E-state index in [0.717, 1.165) is 53.1 Å². The van der Waals surface area contributed by atoms with E-state index in [2.05, 4.69) is 72.1 Å². The van der Waals surface area contributed by atoms with Crippen LogP contribution in [-0.4, -0.2) is 33.3 Å². The standard InChI is InChI=1S/C24H16N3Si.C13H24O2.Ir/c1-28(2)19-11-5-10-18-22(19)27-21-17(13-14-7-3-4-8-15(14)23(21)28)20-16(24(27)26-18)9-6-12-25-20;1-5-10(6-2)12(14)9-13(15)11(7-3)8-4;/h3-12H,1-2H3;9-11,14H,5-8H2,1-4H3;/q-1;;/b;12-9-;. The summed E-state index contributed by atoms with van der Waals surface area (Å²) >= 11 is 0. The minimum Gasteiger partial charge on any atom is -0.512 e. The van der Waals surface area contributed by atoms with Gasteiger partial charge < -0.3 is 9.51 Å². The summed E-state index contributed by atoms with van der Waals surface area (Å²) in [5.41, 5.74) is 5.63. The van der Waals surface area contributed by atoms with Crippen LogP contribution in [0.5, 0.6) is 0 Å². The van der Waals surface area contributed by atoms with Gasteiger partial charge in [0, 0.05) is 55.1 Å². The Morgan fingerprint density at radius 3 is 2.30 bits per heavy atom. The molecule has 5 nitrogen and oxygen atoms in total. The number of fused-ring (bicyclic) bond motifs is 5. The molecule has 0 fully saturated rings. The molecule has 0 saturated heterocycles. The van der Waals surface area contributed by atoms with Crippen molar-refractivity contribution < 1.29 is 30.0 Å². The quantitative estimate of drug-likeness (QED) is 0.0444. The monoisotopic (exact) mass is 779 g/mol. The van der Waals surface area contributed by atoms with Crippen molar-refractivity contribution in [3.8, 4) is 0 Å². The molecule has 7 rings (SSSR count). The fraction of sp³-hybridized carbons (Fsp3) is 0.324. The Morgan fingerprint density at radius 2 is 1.59 bits per heavy atom. The third-order valence-corrected chi connectivity index (χ3v) is 13.0. The van der Waals surface area contributed by atoms with Crippen molar-refractivity contribution in [1.82, 2.24) is 14.4 Å². The second-order valence-corrected chi connectivity index (χ2v) is 16.5. The molecule has 0 unspecified atom stereocenters. The van der Waals surface area contributed by atoms with E-state index in [0.29, 0.717) is 0 Å². The molecular formula is C37H40IrN3O2Si-. The first kappa shape index (κ1) is 32.0. The van der Waals surface area contributed by atoms with E-state index in [1.54, 1.807) is 0 Å². The molecule has 3 aromatic heterocycles.